The number of carbonyl (C=O) groups excluding carboxylic acids is 4. The van der Waals surface area contributed by atoms with Gasteiger partial charge >= 0.3 is 39.5 Å². The lowest BCUT2D eigenvalue weighted by molar-refractivity contribution is -0.161. The number of aliphatic hydroxyl groups excluding tert-OH is 1. The first-order valence-corrected chi connectivity index (χ1v) is 40.8. The second kappa shape index (κ2) is 62.6. The summed E-state index contributed by atoms with van der Waals surface area (Å²) in [5.74, 6) is 0.867. The summed E-state index contributed by atoms with van der Waals surface area (Å²) in [6, 6.07) is 0. The molecule has 0 aliphatic carbocycles. The topological polar surface area (TPSA) is 237 Å². The molecular weight excluding hydrogens is 1210 g/mol. The van der Waals surface area contributed by atoms with Crippen molar-refractivity contribution >= 4 is 39.5 Å². The van der Waals surface area contributed by atoms with Gasteiger partial charge in [0.05, 0.1) is 26.4 Å². The Balaban J connectivity index is 5.17. The molecule has 0 aliphatic rings. The van der Waals surface area contributed by atoms with Crippen molar-refractivity contribution in [1.82, 2.24) is 0 Å². The number of rotatable bonds is 70. The molecule has 0 amide bonds. The van der Waals surface area contributed by atoms with Crippen molar-refractivity contribution in [2.45, 2.75) is 382 Å². The third kappa shape index (κ3) is 64.1. The molecule has 0 heterocycles. The zero-order chi connectivity index (χ0) is 68.2. The summed E-state index contributed by atoms with van der Waals surface area (Å²) in [5.41, 5.74) is 0. The van der Waals surface area contributed by atoms with Crippen LogP contribution in [0.4, 0.5) is 0 Å². The number of aliphatic hydroxyl groups is 1. The van der Waals surface area contributed by atoms with Crippen LogP contribution in [-0.4, -0.2) is 96.7 Å². The summed E-state index contributed by atoms with van der Waals surface area (Å²) in [5, 5.41) is 10.6. The van der Waals surface area contributed by atoms with Crippen LogP contribution in [0, 0.1) is 23.7 Å². The van der Waals surface area contributed by atoms with Gasteiger partial charge in [-0.05, 0) is 49.4 Å². The first-order valence-electron chi connectivity index (χ1n) is 37.8. The molecule has 0 radical (unpaired) electrons. The molecule has 3 N–H and O–H groups in total. The number of ether oxygens (including phenoxy) is 4. The van der Waals surface area contributed by atoms with E-state index in [1.54, 1.807) is 0 Å². The maximum absolute atomic E-state index is 13.0. The Morgan fingerprint density at radius 1 is 0.304 bits per heavy atom. The lowest BCUT2D eigenvalue weighted by Gasteiger charge is -2.21. The number of phosphoric acid groups is 2. The second-order valence-corrected chi connectivity index (χ2v) is 30.7. The van der Waals surface area contributed by atoms with Crippen LogP contribution >= 0.6 is 15.6 Å². The van der Waals surface area contributed by atoms with E-state index in [1.165, 1.54) is 161 Å². The molecule has 0 bridgehead atoms. The van der Waals surface area contributed by atoms with Gasteiger partial charge in [-0.1, -0.05) is 312 Å². The van der Waals surface area contributed by atoms with Crippen LogP contribution in [0.2, 0.25) is 0 Å². The molecule has 19 heteroatoms. The summed E-state index contributed by atoms with van der Waals surface area (Å²) in [6.07, 6.45) is 46.1. The van der Waals surface area contributed by atoms with Crippen LogP contribution in [0.3, 0.4) is 0 Å². The highest BCUT2D eigenvalue weighted by molar-refractivity contribution is 7.47. The van der Waals surface area contributed by atoms with Crippen molar-refractivity contribution in [1.29, 1.82) is 0 Å². The predicted octanol–water partition coefficient (Wildman–Crippen LogP) is 20.9. The van der Waals surface area contributed by atoms with E-state index in [1.807, 2.05) is 0 Å². The zero-order valence-corrected chi connectivity index (χ0v) is 62.0. The number of unbranched alkanes of at least 4 members (excludes halogenated alkanes) is 34. The van der Waals surface area contributed by atoms with Gasteiger partial charge < -0.3 is 33.8 Å². The third-order valence-electron chi connectivity index (χ3n) is 17.5. The molecule has 7 atom stereocenters. The molecule has 4 unspecified atom stereocenters. The highest BCUT2D eigenvalue weighted by Gasteiger charge is 2.30. The van der Waals surface area contributed by atoms with E-state index in [2.05, 4.69) is 55.4 Å². The fraction of sp³-hybridized carbons (Fsp3) is 0.945. The Labute approximate surface area is 562 Å². The largest absolute Gasteiger partial charge is 0.472 e. The monoisotopic (exact) mass is 1350 g/mol. The number of hydrogen-bond donors (Lipinski definition) is 3. The lowest BCUT2D eigenvalue weighted by atomic mass is 10.00. The van der Waals surface area contributed by atoms with Crippen LogP contribution in [0.1, 0.15) is 364 Å². The number of hydrogen-bond acceptors (Lipinski definition) is 15. The Morgan fingerprint density at radius 3 is 0.772 bits per heavy atom. The summed E-state index contributed by atoms with van der Waals surface area (Å²) < 4.78 is 68.3. The summed E-state index contributed by atoms with van der Waals surface area (Å²) in [6.45, 7) is 14.1. The van der Waals surface area contributed by atoms with Crippen molar-refractivity contribution in [3.8, 4) is 0 Å². The first-order chi connectivity index (χ1) is 44.2. The molecule has 92 heavy (non-hydrogen) atoms. The minimum Gasteiger partial charge on any atom is -0.462 e. The van der Waals surface area contributed by atoms with Crippen LogP contribution in [0.15, 0.2) is 0 Å². The van der Waals surface area contributed by atoms with E-state index >= 15 is 0 Å². The third-order valence-corrected chi connectivity index (χ3v) is 19.4. The quantitative estimate of drug-likeness (QED) is 0.0222. The van der Waals surface area contributed by atoms with Crippen molar-refractivity contribution in [2.24, 2.45) is 23.7 Å². The minimum absolute atomic E-state index is 0.102. The Bertz CT molecular complexity index is 1820. The van der Waals surface area contributed by atoms with Crippen molar-refractivity contribution < 1.29 is 80.2 Å². The van der Waals surface area contributed by atoms with E-state index in [9.17, 15) is 43.2 Å². The highest BCUT2D eigenvalue weighted by atomic mass is 31.2. The van der Waals surface area contributed by atoms with Crippen LogP contribution in [0.25, 0.3) is 0 Å². The normalized spacial score (nSPS) is 14.8. The SMILES string of the molecule is CCC(C)CCCCCCCCC(=O)OC[C@H](COP(=O)(O)OC[C@H](O)COP(=O)(O)OC[C@@H](COC(=O)CCCCCCCCCCC(C)C)OC(=O)CCCCCCCCC(C)CC)OC(=O)CCCCCCCCCCCCCCCCCCCCC(C)C. The Morgan fingerprint density at radius 2 is 0.522 bits per heavy atom. The average Bonchev–Trinajstić information content (AvgIpc) is 3.44. The summed E-state index contributed by atoms with van der Waals surface area (Å²) in [7, 11) is -9.91. The molecule has 0 rings (SSSR count). The fourth-order valence-electron chi connectivity index (χ4n) is 11.0. The van der Waals surface area contributed by atoms with Gasteiger partial charge in [-0.3, -0.25) is 37.3 Å². The van der Waals surface area contributed by atoms with E-state index < -0.39 is 97.5 Å². The maximum atomic E-state index is 13.0. The fourth-order valence-corrected chi connectivity index (χ4v) is 12.5. The second-order valence-electron chi connectivity index (χ2n) is 27.8. The highest BCUT2D eigenvalue weighted by Crippen LogP contribution is 2.45. The van der Waals surface area contributed by atoms with Gasteiger partial charge in [0.2, 0.25) is 0 Å². The van der Waals surface area contributed by atoms with Gasteiger partial charge in [0, 0.05) is 25.7 Å². The van der Waals surface area contributed by atoms with Gasteiger partial charge in [-0.2, -0.15) is 0 Å². The molecule has 0 spiro atoms. The number of esters is 4. The molecule has 0 saturated carbocycles. The van der Waals surface area contributed by atoms with E-state index in [0.717, 1.165) is 120 Å². The molecule has 0 aliphatic heterocycles. The van der Waals surface area contributed by atoms with E-state index in [0.29, 0.717) is 25.7 Å². The lowest BCUT2D eigenvalue weighted by Crippen LogP contribution is -2.30. The minimum atomic E-state index is -4.95. The Hall–Kier alpha value is -1.94. The summed E-state index contributed by atoms with van der Waals surface area (Å²) in [4.78, 5) is 72.6. The van der Waals surface area contributed by atoms with E-state index in [4.69, 9.17) is 37.0 Å². The average molecular weight is 1350 g/mol. The van der Waals surface area contributed by atoms with E-state index in [-0.39, 0.29) is 25.7 Å². The Kier molecular flexibility index (Phi) is 61.3. The molecule has 546 valence electrons. The van der Waals surface area contributed by atoms with Crippen LogP contribution in [-0.2, 0) is 65.4 Å². The maximum Gasteiger partial charge on any atom is 0.472 e. The molecule has 0 aromatic carbocycles. The van der Waals surface area contributed by atoms with Gasteiger partial charge in [0.25, 0.3) is 0 Å². The van der Waals surface area contributed by atoms with Crippen LogP contribution < -0.4 is 0 Å². The molecule has 0 aromatic heterocycles. The molecule has 0 saturated heterocycles. The molecular formula is C73H142O17P2. The van der Waals surface area contributed by atoms with Crippen molar-refractivity contribution in [2.75, 3.05) is 39.6 Å². The summed E-state index contributed by atoms with van der Waals surface area (Å²) >= 11 is 0. The zero-order valence-electron chi connectivity index (χ0n) is 60.2. The smallest absolute Gasteiger partial charge is 0.462 e. The molecule has 17 nitrogen and oxygen atoms in total. The number of phosphoric ester groups is 2. The predicted molar refractivity (Wildman–Crippen MR) is 372 cm³/mol. The molecule has 0 fully saturated rings. The number of carbonyl (C=O) groups is 4. The first kappa shape index (κ1) is 90.1. The van der Waals surface area contributed by atoms with Crippen LogP contribution in [0.5, 0.6) is 0 Å². The van der Waals surface area contributed by atoms with Crippen molar-refractivity contribution in [3.05, 3.63) is 0 Å². The standard InChI is InChI=1S/C73H142O17P2/c1-9-65(7)51-43-35-29-31-38-46-54-71(76)84-60-68(89-72(77)55-47-39-28-22-20-18-16-14-12-11-13-15-17-19-21-25-33-41-49-63(3)4)61-87-91(79,80)85-57-67(74)58-86-92(81,82)88-62-69(90-73(78)56-48-40-32-30-36-44-52-66(8)10-2)59-83-70(75)53-45-37-27-24-23-26-34-42-50-64(5)6/h63-69,74H,9-62H2,1-8H3,(H,79,80)(H,81,82)/t65?,66?,67-,68+,69+/m0/s1. The van der Waals surface area contributed by atoms with Gasteiger partial charge in [0.1, 0.15) is 19.3 Å². The van der Waals surface area contributed by atoms with Crippen molar-refractivity contribution in [3.63, 3.8) is 0 Å². The van der Waals surface area contributed by atoms with Gasteiger partial charge in [-0.25, -0.2) is 9.13 Å². The van der Waals surface area contributed by atoms with Gasteiger partial charge in [-0.15, -0.1) is 0 Å². The molecule has 0 aromatic rings. The van der Waals surface area contributed by atoms with Gasteiger partial charge in [0.15, 0.2) is 12.2 Å².